The fraction of sp³-hybridized carbons (Fsp3) is 0.417. The van der Waals surface area contributed by atoms with Crippen molar-refractivity contribution in [3.8, 4) is 0 Å². The molecule has 0 fully saturated rings. The van der Waals surface area contributed by atoms with Crippen LogP contribution >= 0.6 is 0 Å². The van der Waals surface area contributed by atoms with Crippen molar-refractivity contribution in [2.24, 2.45) is 0 Å². The van der Waals surface area contributed by atoms with Crippen LogP contribution in [0.2, 0.25) is 0 Å². The van der Waals surface area contributed by atoms with Crippen LogP contribution in [0, 0.1) is 0 Å². The lowest BCUT2D eigenvalue weighted by molar-refractivity contribution is 0.0526. The molecule has 0 aliphatic heterocycles. The molecule has 0 amide bonds. The standard InChI is InChI=1S/C12H14O3/c1-2-15-12(14)9-3-5-10-8(7-9)4-6-11(10)13/h3,5,7,11,13H,2,4,6H2,1H3. The highest BCUT2D eigenvalue weighted by molar-refractivity contribution is 5.89. The first-order valence-corrected chi connectivity index (χ1v) is 5.20. The number of aliphatic hydroxyl groups excluding tert-OH is 1. The van der Waals surface area contributed by atoms with E-state index in [0.717, 1.165) is 24.0 Å². The van der Waals surface area contributed by atoms with Gasteiger partial charge in [-0.3, -0.25) is 0 Å². The number of hydrogen-bond donors (Lipinski definition) is 1. The van der Waals surface area contributed by atoms with Gasteiger partial charge in [0.25, 0.3) is 0 Å². The van der Waals surface area contributed by atoms with Gasteiger partial charge in [-0.05, 0) is 43.0 Å². The number of aryl methyl sites for hydroxylation is 1. The van der Waals surface area contributed by atoms with E-state index in [1.165, 1.54) is 0 Å². The van der Waals surface area contributed by atoms with Gasteiger partial charge in [-0.25, -0.2) is 4.79 Å². The molecule has 15 heavy (non-hydrogen) atoms. The van der Waals surface area contributed by atoms with Crippen molar-refractivity contribution in [1.29, 1.82) is 0 Å². The third-order valence-corrected chi connectivity index (χ3v) is 2.70. The van der Waals surface area contributed by atoms with E-state index >= 15 is 0 Å². The summed E-state index contributed by atoms with van der Waals surface area (Å²) in [6.07, 6.45) is 1.22. The zero-order valence-corrected chi connectivity index (χ0v) is 8.69. The lowest BCUT2D eigenvalue weighted by Crippen LogP contribution is -2.05. The summed E-state index contributed by atoms with van der Waals surface area (Å²) >= 11 is 0. The number of rotatable bonds is 2. The molecule has 1 aromatic carbocycles. The Morgan fingerprint density at radius 1 is 1.60 bits per heavy atom. The molecule has 3 heteroatoms. The number of carbonyl (C=O) groups excluding carboxylic acids is 1. The van der Waals surface area contributed by atoms with Crippen LogP contribution in [0.25, 0.3) is 0 Å². The van der Waals surface area contributed by atoms with Gasteiger partial charge >= 0.3 is 5.97 Å². The highest BCUT2D eigenvalue weighted by Gasteiger charge is 2.21. The van der Waals surface area contributed by atoms with Crippen LogP contribution < -0.4 is 0 Å². The minimum atomic E-state index is -0.365. The summed E-state index contributed by atoms with van der Waals surface area (Å²) in [7, 11) is 0. The molecule has 2 rings (SSSR count). The Kier molecular flexibility index (Phi) is 2.73. The second-order valence-electron chi connectivity index (χ2n) is 3.69. The second kappa shape index (κ2) is 4.03. The van der Waals surface area contributed by atoms with Gasteiger partial charge in [-0.15, -0.1) is 0 Å². The molecule has 0 spiro atoms. The Bertz CT molecular complexity index is 384. The van der Waals surface area contributed by atoms with Crippen molar-refractivity contribution >= 4 is 5.97 Å². The zero-order chi connectivity index (χ0) is 10.8. The van der Waals surface area contributed by atoms with Crippen molar-refractivity contribution in [2.45, 2.75) is 25.9 Å². The maximum Gasteiger partial charge on any atom is 0.338 e. The van der Waals surface area contributed by atoms with E-state index in [2.05, 4.69) is 0 Å². The number of esters is 1. The maximum absolute atomic E-state index is 11.4. The first kappa shape index (κ1) is 10.2. The van der Waals surface area contributed by atoms with Gasteiger partial charge in [0.05, 0.1) is 18.3 Å². The van der Waals surface area contributed by atoms with Gasteiger partial charge in [-0.1, -0.05) is 6.07 Å². The summed E-state index contributed by atoms with van der Waals surface area (Å²) in [5, 5.41) is 9.60. The Morgan fingerprint density at radius 3 is 3.13 bits per heavy atom. The van der Waals surface area contributed by atoms with Crippen molar-refractivity contribution in [3.05, 3.63) is 34.9 Å². The fourth-order valence-corrected chi connectivity index (χ4v) is 1.94. The van der Waals surface area contributed by atoms with Crippen LogP contribution in [0.5, 0.6) is 0 Å². The minimum absolute atomic E-state index is 0.290. The molecule has 1 aliphatic carbocycles. The van der Waals surface area contributed by atoms with E-state index < -0.39 is 0 Å². The Morgan fingerprint density at radius 2 is 2.40 bits per heavy atom. The average Bonchev–Trinajstić information content (AvgIpc) is 2.60. The Hall–Kier alpha value is -1.35. The van der Waals surface area contributed by atoms with Crippen molar-refractivity contribution < 1.29 is 14.6 Å². The van der Waals surface area contributed by atoms with E-state index in [1.807, 2.05) is 12.1 Å². The Labute approximate surface area is 88.7 Å². The molecular weight excluding hydrogens is 192 g/mol. The summed E-state index contributed by atoms with van der Waals surface area (Å²) in [4.78, 5) is 11.4. The topological polar surface area (TPSA) is 46.5 Å². The summed E-state index contributed by atoms with van der Waals surface area (Å²) in [5.74, 6) is -0.290. The average molecular weight is 206 g/mol. The molecule has 1 unspecified atom stereocenters. The lowest BCUT2D eigenvalue weighted by atomic mass is 10.1. The van der Waals surface area contributed by atoms with Crippen LogP contribution in [0.4, 0.5) is 0 Å². The van der Waals surface area contributed by atoms with E-state index in [-0.39, 0.29) is 12.1 Å². The third kappa shape index (κ3) is 1.88. The van der Waals surface area contributed by atoms with E-state index in [1.54, 1.807) is 13.0 Å². The predicted octanol–water partition coefficient (Wildman–Crippen LogP) is 1.84. The first-order valence-electron chi connectivity index (χ1n) is 5.20. The quantitative estimate of drug-likeness (QED) is 0.751. The molecule has 1 N–H and O–H groups in total. The molecular formula is C12H14O3. The molecule has 3 nitrogen and oxygen atoms in total. The molecule has 0 saturated carbocycles. The molecule has 0 heterocycles. The molecule has 1 aliphatic rings. The predicted molar refractivity (Wildman–Crippen MR) is 55.7 cm³/mol. The maximum atomic E-state index is 11.4. The minimum Gasteiger partial charge on any atom is -0.462 e. The SMILES string of the molecule is CCOC(=O)c1ccc2c(c1)CCC2O. The normalized spacial score (nSPS) is 18.7. The van der Waals surface area contributed by atoms with Crippen LogP contribution in [0.3, 0.4) is 0 Å². The van der Waals surface area contributed by atoms with E-state index in [9.17, 15) is 9.90 Å². The number of fused-ring (bicyclic) bond motifs is 1. The Balaban J connectivity index is 2.27. The largest absolute Gasteiger partial charge is 0.462 e. The molecule has 1 atom stereocenters. The highest BCUT2D eigenvalue weighted by Crippen LogP contribution is 2.31. The number of benzene rings is 1. The van der Waals surface area contributed by atoms with Crippen LogP contribution in [-0.4, -0.2) is 17.7 Å². The molecule has 1 aromatic rings. The molecule has 0 aromatic heterocycles. The van der Waals surface area contributed by atoms with Crippen LogP contribution in [0.15, 0.2) is 18.2 Å². The lowest BCUT2D eigenvalue weighted by Gasteiger charge is -2.06. The zero-order valence-electron chi connectivity index (χ0n) is 8.69. The molecule has 80 valence electrons. The number of hydrogen-bond acceptors (Lipinski definition) is 3. The van der Waals surface area contributed by atoms with Gasteiger partial charge in [0.2, 0.25) is 0 Å². The van der Waals surface area contributed by atoms with Crippen LogP contribution in [0.1, 0.15) is 40.9 Å². The van der Waals surface area contributed by atoms with Crippen LogP contribution in [-0.2, 0) is 11.2 Å². The van der Waals surface area contributed by atoms with Gasteiger partial charge in [0.1, 0.15) is 0 Å². The summed E-state index contributed by atoms with van der Waals surface area (Å²) in [6, 6.07) is 5.36. The van der Waals surface area contributed by atoms with Gasteiger partial charge < -0.3 is 9.84 Å². The van der Waals surface area contributed by atoms with Gasteiger partial charge in [0.15, 0.2) is 0 Å². The van der Waals surface area contributed by atoms with Crippen molar-refractivity contribution in [2.75, 3.05) is 6.61 Å². The highest BCUT2D eigenvalue weighted by atomic mass is 16.5. The van der Waals surface area contributed by atoms with E-state index in [4.69, 9.17) is 4.74 Å². The summed E-state index contributed by atoms with van der Waals surface area (Å²) in [6.45, 7) is 2.17. The van der Waals surface area contributed by atoms with Gasteiger partial charge in [0, 0.05) is 0 Å². The second-order valence-corrected chi connectivity index (χ2v) is 3.69. The fourth-order valence-electron chi connectivity index (χ4n) is 1.94. The summed E-state index contributed by atoms with van der Waals surface area (Å²) < 4.78 is 4.91. The third-order valence-electron chi connectivity index (χ3n) is 2.70. The number of aliphatic hydroxyl groups is 1. The smallest absolute Gasteiger partial charge is 0.338 e. The van der Waals surface area contributed by atoms with Crippen molar-refractivity contribution in [1.82, 2.24) is 0 Å². The molecule has 0 saturated heterocycles. The van der Waals surface area contributed by atoms with E-state index in [0.29, 0.717) is 12.2 Å². The summed E-state index contributed by atoms with van der Waals surface area (Å²) in [5.41, 5.74) is 2.58. The molecule has 0 radical (unpaired) electrons. The first-order chi connectivity index (χ1) is 7.22. The van der Waals surface area contributed by atoms with Crippen molar-refractivity contribution in [3.63, 3.8) is 0 Å². The monoisotopic (exact) mass is 206 g/mol. The molecule has 0 bridgehead atoms. The number of ether oxygens (including phenoxy) is 1. The number of carbonyl (C=O) groups is 1. The van der Waals surface area contributed by atoms with Gasteiger partial charge in [-0.2, -0.15) is 0 Å².